The van der Waals surface area contributed by atoms with Crippen molar-refractivity contribution in [2.75, 3.05) is 19.7 Å². The molecule has 0 amide bonds. The summed E-state index contributed by atoms with van der Waals surface area (Å²) in [6, 6.07) is 6.22. The second kappa shape index (κ2) is 8.08. The molecule has 3 aromatic rings. The van der Waals surface area contributed by atoms with E-state index >= 15 is 0 Å². The van der Waals surface area contributed by atoms with Crippen molar-refractivity contribution < 1.29 is 9.47 Å². The van der Waals surface area contributed by atoms with Crippen LogP contribution in [-0.4, -0.2) is 51.1 Å². The molecule has 1 N–H and O–H groups in total. The van der Waals surface area contributed by atoms with Crippen molar-refractivity contribution in [2.45, 2.75) is 51.9 Å². The number of aromatic nitrogens is 4. The van der Waals surface area contributed by atoms with Crippen LogP contribution in [0.4, 0.5) is 0 Å². The van der Waals surface area contributed by atoms with Gasteiger partial charge in [-0.15, -0.1) is 0 Å². The maximum absolute atomic E-state index is 6.15. The molecule has 1 saturated heterocycles. The molecule has 0 aliphatic carbocycles. The quantitative estimate of drug-likeness (QED) is 0.687. The highest BCUT2D eigenvalue weighted by Gasteiger charge is 2.29. The Balaban J connectivity index is 1.62. The number of hydrogen-bond donors (Lipinski definition) is 1. The third kappa shape index (κ3) is 4.41. The van der Waals surface area contributed by atoms with Crippen molar-refractivity contribution in [1.82, 2.24) is 25.1 Å². The lowest BCUT2D eigenvalue weighted by molar-refractivity contribution is -0.107. The van der Waals surface area contributed by atoms with E-state index in [9.17, 15) is 0 Å². The number of pyridine rings is 2. The van der Waals surface area contributed by atoms with E-state index in [0.717, 1.165) is 41.7 Å². The van der Waals surface area contributed by atoms with Crippen molar-refractivity contribution in [1.29, 1.82) is 0 Å². The zero-order chi connectivity index (χ0) is 20.4. The molecule has 0 saturated carbocycles. The van der Waals surface area contributed by atoms with Gasteiger partial charge in [-0.1, -0.05) is 6.92 Å². The van der Waals surface area contributed by atoms with Crippen LogP contribution < -0.4 is 10.1 Å². The van der Waals surface area contributed by atoms with Gasteiger partial charge in [0.05, 0.1) is 28.4 Å². The summed E-state index contributed by atoms with van der Waals surface area (Å²) in [6.45, 7) is 10.5. The highest BCUT2D eigenvalue weighted by atomic mass is 16.6. The van der Waals surface area contributed by atoms with Gasteiger partial charge in [0.2, 0.25) is 5.88 Å². The van der Waals surface area contributed by atoms with Crippen LogP contribution in [0.3, 0.4) is 0 Å². The van der Waals surface area contributed by atoms with Crippen molar-refractivity contribution in [3.05, 3.63) is 36.8 Å². The molecule has 0 radical (unpaired) electrons. The van der Waals surface area contributed by atoms with E-state index in [2.05, 4.69) is 43.1 Å². The first-order valence-corrected chi connectivity index (χ1v) is 10.3. The molecule has 0 unspecified atom stereocenters. The molecule has 154 valence electrons. The van der Waals surface area contributed by atoms with Crippen molar-refractivity contribution in [2.24, 2.45) is 0 Å². The maximum Gasteiger partial charge on any atom is 0.223 e. The zero-order valence-corrected chi connectivity index (χ0v) is 17.6. The molecule has 29 heavy (non-hydrogen) atoms. The first-order valence-electron chi connectivity index (χ1n) is 10.3. The van der Waals surface area contributed by atoms with Crippen LogP contribution in [0, 0.1) is 0 Å². The van der Waals surface area contributed by atoms with Gasteiger partial charge >= 0.3 is 0 Å². The van der Waals surface area contributed by atoms with E-state index in [0.29, 0.717) is 18.5 Å². The first-order chi connectivity index (χ1) is 13.9. The molecule has 0 spiro atoms. The molecule has 1 aliphatic rings. The minimum Gasteiger partial charge on any atom is -0.474 e. The Bertz CT molecular complexity index is 984. The van der Waals surface area contributed by atoms with Gasteiger partial charge in [0, 0.05) is 37.1 Å². The molecule has 0 bridgehead atoms. The second-order valence-electron chi connectivity index (χ2n) is 8.29. The number of rotatable bonds is 6. The maximum atomic E-state index is 6.15. The fourth-order valence-electron chi connectivity index (χ4n) is 3.53. The van der Waals surface area contributed by atoms with E-state index in [1.54, 1.807) is 6.20 Å². The Morgan fingerprint density at radius 3 is 3.07 bits per heavy atom. The van der Waals surface area contributed by atoms with Crippen molar-refractivity contribution in [3.8, 4) is 17.1 Å². The summed E-state index contributed by atoms with van der Waals surface area (Å²) in [4.78, 5) is 9.31. The van der Waals surface area contributed by atoms with Gasteiger partial charge in [-0.3, -0.25) is 9.67 Å². The van der Waals surface area contributed by atoms with Crippen LogP contribution in [0.5, 0.6) is 5.88 Å². The lowest BCUT2D eigenvalue weighted by atomic mass is 10.1. The molecule has 4 rings (SSSR count). The van der Waals surface area contributed by atoms with Gasteiger partial charge in [0.15, 0.2) is 0 Å². The Hall–Kier alpha value is -2.51. The number of fused-ring (bicyclic) bond motifs is 1. The van der Waals surface area contributed by atoms with Gasteiger partial charge in [0.1, 0.15) is 12.7 Å². The molecule has 0 aromatic carbocycles. The third-order valence-corrected chi connectivity index (χ3v) is 5.32. The SMILES string of the molecule is CC[C@@H](C)n1cc(-c2cc3ncccc3c(OC[C@@H]3CNCC(C)(C)O3)n2)cn1. The summed E-state index contributed by atoms with van der Waals surface area (Å²) in [6.07, 6.45) is 6.67. The normalized spacial score (nSPS) is 19.9. The van der Waals surface area contributed by atoms with Gasteiger partial charge in [-0.05, 0) is 45.4 Å². The lowest BCUT2D eigenvalue weighted by Gasteiger charge is -2.36. The Morgan fingerprint density at radius 2 is 2.28 bits per heavy atom. The molecule has 7 heteroatoms. The molecule has 2 atom stereocenters. The van der Waals surface area contributed by atoms with Crippen LogP contribution in [-0.2, 0) is 4.74 Å². The Kier molecular flexibility index (Phi) is 5.52. The Labute approximate surface area is 171 Å². The summed E-state index contributed by atoms with van der Waals surface area (Å²) < 4.78 is 14.2. The van der Waals surface area contributed by atoms with Crippen LogP contribution in [0.2, 0.25) is 0 Å². The molecule has 4 heterocycles. The summed E-state index contributed by atoms with van der Waals surface area (Å²) in [5.74, 6) is 0.578. The smallest absolute Gasteiger partial charge is 0.223 e. The van der Waals surface area contributed by atoms with E-state index in [-0.39, 0.29) is 11.7 Å². The number of hydrogen-bond acceptors (Lipinski definition) is 6. The predicted octanol–water partition coefficient (Wildman–Crippen LogP) is 3.61. The van der Waals surface area contributed by atoms with E-state index in [1.807, 2.05) is 35.3 Å². The zero-order valence-electron chi connectivity index (χ0n) is 17.6. The van der Waals surface area contributed by atoms with E-state index < -0.39 is 0 Å². The average Bonchev–Trinajstić information content (AvgIpc) is 3.21. The molecular formula is C22H29N5O2. The van der Waals surface area contributed by atoms with Gasteiger partial charge in [0.25, 0.3) is 0 Å². The number of morpholine rings is 1. The van der Waals surface area contributed by atoms with Crippen LogP contribution in [0.15, 0.2) is 36.8 Å². The highest BCUT2D eigenvalue weighted by Crippen LogP contribution is 2.29. The summed E-state index contributed by atoms with van der Waals surface area (Å²) in [5.41, 5.74) is 2.42. The lowest BCUT2D eigenvalue weighted by Crippen LogP contribution is -2.52. The minimum absolute atomic E-state index is 0.0240. The van der Waals surface area contributed by atoms with Crippen LogP contribution in [0.25, 0.3) is 22.2 Å². The standard InChI is InChI=1S/C22H29N5O2/c1-5-15(2)27-12-16(10-25-27)19-9-20-18(7-6-8-24-20)21(26-19)28-13-17-11-23-14-22(3,4)29-17/h6-10,12,15,17,23H,5,11,13-14H2,1-4H3/t15-,17+/m1/s1. The molecular weight excluding hydrogens is 366 g/mol. The monoisotopic (exact) mass is 395 g/mol. The fraction of sp³-hybridized carbons (Fsp3) is 0.500. The first kappa shape index (κ1) is 19.8. The van der Waals surface area contributed by atoms with Gasteiger partial charge in [-0.25, -0.2) is 4.98 Å². The van der Waals surface area contributed by atoms with E-state index in [1.165, 1.54) is 0 Å². The summed E-state index contributed by atoms with van der Waals surface area (Å²) in [5, 5.41) is 8.80. The van der Waals surface area contributed by atoms with Gasteiger partial charge < -0.3 is 14.8 Å². The fourth-order valence-corrected chi connectivity index (χ4v) is 3.53. The van der Waals surface area contributed by atoms with E-state index in [4.69, 9.17) is 14.5 Å². The number of nitrogens with zero attached hydrogens (tertiary/aromatic N) is 4. The number of nitrogens with one attached hydrogen (secondary N) is 1. The number of ether oxygens (including phenoxy) is 2. The van der Waals surface area contributed by atoms with Crippen molar-refractivity contribution >= 4 is 10.9 Å². The second-order valence-corrected chi connectivity index (χ2v) is 8.29. The molecule has 3 aromatic heterocycles. The topological polar surface area (TPSA) is 74.1 Å². The predicted molar refractivity (Wildman–Crippen MR) is 113 cm³/mol. The van der Waals surface area contributed by atoms with Crippen LogP contribution in [0.1, 0.15) is 40.2 Å². The molecule has 1 fully saturated rings. The average molecular weight is 396 g/mol. The van der Waals surface area contributed by atoms with Crippen molar-refractivity contribution in [3.63, 3.8) is 0 Å². The van der Waals surface area contributed by atoms with Crippen LogP contribution >= 0.6 is 0 Å². The molecule has 1 aliphatic heterocycles. The summed E-state index contributed by atoms with van der Waals surface area (Å²) in [7, 11) is 0. The minimum atomic E-state index is -0.199. The molecule has 7 nitrogen and oxygen atoms in total. The Morgan fingerprint density at radius 1 is 1.41 bits per heavy atom. The third-order valence-electron chi connectivity index (χ3n) is 5.32. The largest absolute Gasteiger partial charge is 0.474 e. The highest BCUT2D eigenvalue weighted by molar-refractivity contribution is 5.86. The van der Waals surface area contributed by atoms with Gasteiger partial charge in [-0.2, -0.15) is 5.10 Å². The summed E-state index contributed by atoms with van der Waals surface area (Å²) >= 11 is 0.